The van der Waals surface area contributed by atoms with Crippen molar-refractivity contribution in [1.29, 1.82) is 0 Å². The van der Waals surface area contributed by atoms with E-state index < -0.39 is 15.9 Å². The third kappa shape index (κ3) is 5.51. The van der Waals surface area contributed by atoms with Gasteiger partial charge in [0.15, 0.2) is 0 Å². The van der Waals surface area contributed by atoms with Gasteiger partial charge in [-0.15, -0.1) is 0 Å². The van der Waals surface area contributed by atoms with Crippen molar-refractivity contribution in [3.05, 3.63) is 107 Å². The van der Waals surface area contributed by atoms with Crippen LogP contribution in [0.4, 0.5) is 0 Å². The molecule has 10 heteroatoms. The first-order valence-corrected chi connectivity index (χ1v) is 12.3. The number of rotatable bonds is 8. The molecule has 0 fully saturated rings. The number of aromatic nitrogens is 3. The van der Waals surface area contributed by atoms with Gasteiger partial charge in [-0.2, -0.15) is 5.10 Å². The van der Waals surface area contributed by atoms with Crippen LogP contribution in [0.25, 0.3) is 5.69 Å². The molecule has 0 radical (unpaired) electrons. The molecule has 0 aliphatic rings. The molecule has 3 aromatic carbocycles. The number of nitrogens with zero attached hydrogens (tertiary/aromatic N) is 3. The van der Waals surface area contributed by atoms with Gasteiger partial charge in [-0.1, -0.05) is 54.1 Å². The van der Waals surface area contributed by atoms with Crippen LogP contribution < -0.4 is 10.0 Å². The summed E-state index contributed by atoms with van der Waals surface area (Å²) in [7, 11) is -3.93. The minimum absolute atomic E-state index is 0.0360. The number of benzene rings is 3. The number of amides is 1. The van der Waals surface area contributed by atoms with E-state index in [4.69, 9.17) is 11.6 Å². The summed E-state index contributed by atoms with van der Waals surface area (Å²) < 4.78 is 29.8. The molecule has 0 saturated carbocycles. The highest BCUT2D eigenvalue weighted by atomic mass is 35.5. The zero-order valence-electron chi connectivity index (χ0n) is 18.2. The maximum atomic E-state index is 12.9. The Morgan fingerprint density at radius 1 is 1.06 bits per heavy atom. The summed E-state index contributed by atoms with van der Waals surface area (Å²) in [6.07, 6.45) is 3.05. The van der Waals surface area contributed by atoms with Crippen molar-refractivity contribution in [2.75, 3.05) is 0 Å². The summed E-state index contributed by atoms with van der Waals surface area (Å²) in [4.78, 5) is 16.6. The summed E-state index contributed by atoms with van der Waals surface area (Å²) in [6.45, 7) is 1.95. The molecular formula is C24H22ClN5O3S. The fraction of sp³-hybridized carbons (Fsp3) is 0.125. The molecule has 1 amide bonds. The average Bonchev–Trinajstić information content (AvgIpc) is 3.39. The van der Waals surface area contributed by atoms with Crippen LogP contribution in [-0.2, 0) is 16.6 Å². The van der Waals surface area contributed by atoms with E-state index >= 15 is 0 Å². The lowest BCUT2D eigenvalue weighted by molar-refractivity contribution is 0.0939. The minimum atomic E-state index is -3.93. The van der Waals surface area contributed by atoms with E-state index in [1.165, 1.54) is 24.5 Å². The minimum Gasteiger partial charge on any atom is -0.346 e. The SMILES string of the molecule is C[C@H](NC(=O)c1ccc(Cl)c(S(=O)(=O)NCc2ccccc2)c1)c1ccc(-n2cncn2)cc1. The molecule has 4 rings (SSSR count). The van der Waals surface area contributed by atoms with Gasteiger partial charge in [0.1, 0.15) is 17.6 Å². The van der Waals surface area contributed by atoms with E-state index in [0.717, 1.165) is 16.8 Å². The molecular weight excluding hydrogens is 474 g/mol. The third-order valence-electron chi connectivity index (χ3n) is 5.22. The van der Waals surface area contributed by atoms with Crippen LogP contribution in [0.15, 0.2) is 90.3 Å². The van der Waals surface area contributed by atoms with Crippen molar-refractivity contribution in [3.63, 3.8) is 0 Å². The maximum Gasteiger partial charge on any atom is 0.251 e. The summed E-state index contributed by atoms with van der Waals surface area (Å²) in [5.74, 6) is -0.413. The van der Waals surface area contributed by atoms with E-state index in [-0.39, 0.29) is 28.1 Å². The number of hydrogen-bond donors (Lipinski definition) is 2. The molecule has 8 nitrogen and oxygen atoms in total. The molecule has 0 saturated heterocycles. The Balaban J connectivity index is 1.46. The van der Waals surface area contributed by atoms with Gasteiger partial charge in [-0.05, 0) is 48.4 Å². The van der Waals surface area contributed by atoms with Crippen LogP contribution >= 0.6 is 11.6 Å². The van der Waals surface area contributed by atoms with E-state index in [9.17, 15) is 13.2 Å². The molecule has 0 unspecified atom stereocenters. The fourth-order valence-corrected chi connectivity index (χ4v) is 4.86. The lowest BCUT2D eigenvalue weighted by Crippen LogP contribution is -2.28. The van der Waals surface area contributed by atoms with E-state index in [1.54, 1.807) is 11.0 Å². The second-order valence-corrected chi connectivity index (χ2v) is 9.72. The van der Waals surface area contributed by atoms with Crippen LogP contribution in [-0.4, -0.2) is 29.1 Å². The zero-order valence-corrected chi connectivity index (χ0v) is 19.8. The largest absolute Gasteiger partial charge is 0.346 e. The van der Waals surface area contributed by atoms with Crippen molar-refractivity contribution in [2.45, 2.75) is 24.4 Å². The normalized spacial score (nSPS) is 12.3. The highest BCUT2D eigenvalue weighted by Gasteiger charge is 2.21. The molecule has 1 atom stereocenters. The first kappa shape index (κ1) is 23.6. The molecule has 174 valence electrons. The maximum absolute atomic E-state index is 12.9. The van der Waals surface area contributed by atoms with Gasteiger partial charge < -0.3 is 5.32 Å². The zero-order chi connectivity index (χ0) is 24.1. The number of halogens is 1. The Hall–Kier alpha value is -3.53. The Morgan fingerprint density at radius 3 is 2.47 bits per heavy atom. The Bertz CT molecular complexity index is 1380. The van der Waals surface area contributed by atoms with E-state index in [0.29, 0.717) is 0 Å². The number of carbonyl (C=O) groups excluding carboxylic acids is 1. The van der Waals surface area contributed by atoms with Crippen LogP contribution in [0.5, 0.6) is 0 Å². The average molecular weight is 496 g/mol. The summed E-state index contributed by atoms with van der Waals surface area (Å²) in [5, 5.41) is 7.01. The van der Waals surface area contributed by atoms with Crippen molar-refractivity contribution >= 4 is 27.5 Å². The van der Waals surface area contributed by atoms with Crippen molar-refractivity contribution < 1.29 is 13.2 Å². The first-order chi connectivity index (χ1) is 16.3. The Morgan fingerprint density at radius 2 is 1.79 bits per heavy atom. The monoisotopic (exact) mass is 495 g/mol. The predicted octanol–water partition coefficient (Wildman–Crippen LogP) is 3.89. The quantitative estimate of drug-likeness (QED) is 0.385. The molecule has 34 heavy (non-hydrogen) atoms. The fourth-order valence-electron chi connectivity index (χ4n) is 3.32. The van der Waals surface area contributed by atoms with Crippen LogP contribution in [0.1, 0.15) is 34.5 Å². The topological polar surface area (TPSA) is 106 Å². The number of nitrogens with one attached hydrogen (secondary N) is 2. The van der Waals surface area contributed by atoms with Gasteiger partial charge in [-0.25, -0.2) is 22.8 Å². The number of sulfonamides is 1. The van der Waals surface area contributed by atoms with E-state index in [2.05, 4.69) is 20.1 Å². The lowest BCUT2D eigenvalue weighted by atomic mass is 10.1. The van der Waals surface area contributed by atoms with Crippen molar-refractivity contribution in [1.82, 2.24) is 24.8 Å². The van der Waals surface area contributed by atoms with Crippen LogP contribution in [0, 0.1) is 0 Å². The molecule has 1 heterocycles. The highest BCUT2D eigenvalue weighted by Crippen LogP contribution is 2.24. The summed E-state index contributed by atoms with van der Waals surface area (Å²) in [5.41, 5.74) is 2.72. The smallest absolute Gasteiger partial charge is 0.251 e. The second-order valence-electron chi connectivity index (χ2n) is 7.58. The first-order valence-electron chi connectivity index (χ1n) is 10.4. The van der Waals surface area contributed by atoms with Gasteiger partial charge in [0.2, 0.25) is 10.0 Å². The van der Waals surface area contributed by atoms with Crippen molar-refractivity contribution in [2.24, 2.45) is 0 Å². The van der Waals surface area contributed by atoms with Gasteiger partial charge in [0.05, 0.1) is 16.8 Å². The Kier molecular flexibility index (Phi) is 7.06. The standard InChI is InChI=1S/C24H22ClN5O3S/c1-17(19-7-10-21(11-8-19)30-16-26-15-27-30)29-24(31)20-9-12-22(25)23(13-20)34(32,33)28-14-18-5-3-2-4-6-18/h2-13,15-17,28H,14H2,1H3,(H,29,31)/t17-/m0/s1. The Labute approximate surface area is 202 Å². The molecule has 2 N–H and O–H groups in total. The predicted molar refractivity (Wildman–Crippen MR) is 129 cm³/mol. The van der Waals surface area contributed by atoms with Crippen LogP contribution in [0.2, 0.25) is 5.02 Å². The van der Waals surface area contributed by atoms with Gasteiger partial charge in [-0.3, -0.25) is 4.79 Å². The number of hydrogen-bond acceptors (Lipinski definition) is 5. The van der Waals surface area contributed by atoms with Crippen molar-refractivity contribution in [3.8, 4) is 5.69 Å². The molecule has 0 bridgehead atoms. The molecule has 4 aromatic rings. The molecule has 0 spiro atoms. The third-order valence-corrected chi connectivity index (χ3v) is 7.10. The van der Waals surface area contributed by atoms with Gasteiger partial charge in [0, 0.05) is 12.1 Å². The van der Waals surface area contributed by atoms with Gasteiger partial charge >= 0.3 is 0 Å². The molecule has 0 aliphatic carbocycles. The van der Waals surface area contributed by atoms with Crippen LogP contribution in [0.3, 0.4) is 0 Å². The molecule has 1 aromatic heterocycles. The highest BCUT2D eigenvalue weighted by molar-refractivity contribution is 7.89. The second kappa shape index (κ2) is 10.2. The lowest BCUT2D eigenvalue weighted by Gasteiger charge is -2.16. The summed E-state index contributed by atoms with van der Waals surface area (Å²) >= 11 is 6.16. The summed E-state index contributed by atoms with van der Waals surface area (Å²) in [6, 6.07) is 20.5. The van der Waals surface area contributed by atoms with Gasteiger partial charge in [0.25, 0.3) is 5.91 Å². The molecule has 0 aliphatic heterocycles. The van der Waals surface area contributed by atoms with E-state index in [1.807, 2.05) is 61.5 Å². The number of carbonyl (C=O) groups is 1.